The first-order valence-electron chi connectivity index (χ1n) is 6.74. The maximum Gasteiger partial charge on any atom is 0.138 e. The molecular weight excluding hydrogens is 274 g/mol. The van der Waals surface area contributed by atoms with E-state index in [4.69, 9.17) is 20.8 Å². The Labute approximate surface area is 124 Å². The molecule has 1 aromatic heterocycles. The Hall–Kier alpha value is -1.45. The summed E-state index contributed by atoms with van der Waals surface area (Å²) in [5.74, 6) is 1.61. The predicted molar refractivity (Wildman–Crippen MR) is 81.2 cm³/mol. The molecule has 4 heteroatoms. The van der Waals surface area contributed by atoms with Crippen LogP contribution in [0.15, 0.2) is 34.9 Å². The topological polar surface area (TPSA) is 34.4 Å². The van der Waals surface area contributed by atoms with Crippen molar-refractivity contribution in [1.82, 2.24) is 5.32 Å². The van der Waals surface area contributed by atoms with Crippen molar-refractivity contribution in [3.8, 4) is 5.75 Å². The van der Waals surface area contributed by atoms with Crippen molar-refractivity contribution in [2.24, 2.45) is 0 Å². The number of halogens is 1. The lowest BCUT2D eigenvalue weighted by molar-refractivity contribution is 0.301. The molecule has 0 radical (unpaired) electrons. The number of hydrogen-bond acceptors (Lipinski definition) is 3. The minimum absolute atomic E-state index is 0.417. The van der Waals surface area contributed by atoms with Crippen LogP contribution in [0.3, 0.4) is 0 Å². The van der Waals surface area contributed by atoms with Crippen LogP contribution < -0.4 is 10.1 Å². The molecule has 0 saturated carbocycles. The Kier molecular flexibility index (Phi) is 5.10. The molecule has 3 nitrogen and oxygen atoms in total. The molecule has 108 valence electrons. The van der Waals surface area contributed by atoms with Crippen molar-refractivity contribution in [2.75, 3.05) is 0 Å². The average molecular weight is 294 g/mol. The fraction of sp³-hybridized carbons (Fsp3) is 0.375. The van der Waals surface area contributed by atoms with E-state index in [1.165, 1.54) is 0 Å². The van der Waals surface area contributed by atoms with Gasteiger partial charge >= 0.3 is 0 Å². The third-order valence-electron chi connectivity index (χ3n) is 2.98. The summed E-state index contributed by atoms with van der Waals surface area (Å²) in [6, 6.07) is 8.10. The molecule has 0 fully saturated rings. The van der Waals surface area contributed by atoms with Gasteiger partial charge in [-0.1, -0.05) is 31.5 Å². The van der Waals surface area contributed by atoms with Crippen LogP contribution in [-0.4, -0.2) is 6.04 Å². The largest absolute Gasteiger partial charge is 0.487 e. The Morgan fingerprint density at radius 2 is 2.10 bits per heavy atom. The summed E-state index contributed by atoms with van der Waals surface area (Å²) >= 11 is 6.12. The van der Waals surface area contributed by atoms with Crippen LogP contribution in [0.1, 0.15) is 30.7 Å². The maximum atomic E-state index is 6.12. The average Bonchev–Trinajstić information content (AvgIpc) is 2.85. The quantitative estimate of drug-likeness (QED) is 0.861. The molecule has 0 amide bonds. The molecule has 2 aromatic rings. The van der Waals surface area contributed by atoms with E-state index >= 15 is 0 Å². The predicted octanol–water partition coefficient (Wildman–Crippen LogP) is 4.32. The van der Waals surface area contributed by atoms with Gasteiger partial charge in [0.25, 0.3) is 0 Å². The molecule has 1 N–H and O–H groups in total. The minimum Gasteiger partial charge on any atom is -0.487 e. The zero-order valence-electron chi connectivity index (χ0n) is 12.1. The Balaban J connectivity index is 2.00. The summed E-state index contributed by atoms with van der Waals surface area (Å²) in [7, 11) is 0. The van der Waals surface area contributed by atoms with Gasteiger partial charge in [0.05, 0.1) is 17.8 Å². The number of benzene rings is 1. The molecule has 0 bridgehead atoms. The number of hydrogen-bond donors (Lipinski definition) is 1. The first-order valence-corrected chi connectivity index (χ1v) is 7.11. The monoisotopic (exact) mass is 293 g/mol. The van der Waals surface area contributed by atoms with E-state index in [0.717, 1.165) is 16.9 Å². The second-order valence-electron chi connectivity index (χ2n) is 5.13. The van der Waals surface area contributed by atoms with Gasteiger partial charge in [-0.25, -0.2) is 0 Å². The Morgan fingerprint density at radius 3 is 2.85 bits per heavy atom. The van der Waals surface area contributed by atoms with Crippen molar-refractivity contribution < 1.29 is 9.15 Å². The summed E-state index contributed by atoms with van der Waals surface area (Å²) in [4.78, 5) is 0. The molecule has 2 rings (SSSR count). The van der Waals surface area contributed by atoms with Gasteiger partial charge in [-0.2, -0.15) is 0 Å². The van der Waals surface area contributed by atoms with Crippen LogP contribution in [0, 0.1) is 6.92 Å². The number of furan rings is 1. The van der Waals surface area contributed by atoms with Crippen molar-refractivity contribution in [2.45, 2.75) is 40.0 Å². The fourth-order valence-corrected chi connectivity index (χ4v) is 2.00. The molecule has 1 heterocycles. The first-order chi connectivity index (χ1) is 9.56. The molecule has 1 aromatic carbocycles. The molecule has 0 aliphatic rings. The summed E-state index contributed by atoms with van der Waals surface area (Å²) in [5, 5.41) is 3.96. The minimum atomic E-state index is 0.417. The highest BCUT2D eigenvalue weighted by Gasteiger charge is 2.09. The normalized spacial score (nSPS) is 11.1. The smallest absolute Gasteiger partial charge is 0.138 e. The lowest BCUT2D eigenvalue weighted by Crippen LogP contribution is -2.22. The van der Waals surface area contributed by atoms with Crippen molar-refractivity contribution in [3.05, 3.63) is 52.4 Å². The molecule has 0 unspecified atom stereocenters. The van der Waals surface area contributed by atoms with Gasteiger partial charge < -0.3 is 14.5 Å². The van der Waals surface area contributed by atoms with E-state index in [1.807, 2.05) is 31.2 Å². The highest BCUT2D eigenvalue weighted by Crippen LogP contribution is 2.26. The van der Waals surface area contributed by atoms with E-state index in [-0.39, 0.29) is 0 Å². The van der Waals surface area contributed by atoms with Gasteiger partial charge in [-0.05, 0) is 30.7 Å². The maximum absolute atomic E-state index is 6.12. The van der Waals surface area contributed by atoms with Crippen molar-refractivity contribution in [1.29, 1.82) is 0 Å². The third-order valence-corrected chi connectivity index (χ3v) is 3.29. The second-order valence-corrected chi connectivity index (χ2v) is 5.53. The van der Waals surface area contributed by atoms with E-state index in [9.17, 15) is 0 Å². The molecular formula is C16H20ClNO2. The molecule has 20 heavy (non-hydrogen) atoms. The summed E-state index contributed by atoms with van der Waals surface area (Å²) in [6.07, 6.45) is 1.69. The zero-order valence-corrected chi connectivity index (χ0v) is 12.8. The fourth-order valence-electron chi connectivity index (χ4n) is 1.82. The number of rotatable bonds is 6. The standard InChI is InChI=1S/C16H20ClNO2/c1-11(2)18-9-16-13(6-7-19-16)10-20-15-8-12(3)4-5-14(15)17/h4-8,11,18H,9-10H2,1-3H3. The third kappa shape index (κ3) is 4.02. The van der Waals surface area contributed by atoms with Gasteiger partial charge in [-0.3, -0.25) is 0 Å². The van der Waals surface area contributed by atoms with Crippen molar-refractivity contribution in [3.63, 3.8) is 0 Å². The van der Waals surface area contributed by atoms with Gasteiger partial charge in [-0.15, -0.1) is 0 Å². The van der Waals surface area contributed by atoms with Gasteiger partial charge in [0, 0.05) is 11.6 Å². The molecule has 0 spiro atoms. The van der Waals surface area contributed by atoms with Crippen LogP contribution in [0.4, 0.5) is 0 Å². The van der Waals surface area contributed by atoms with E-state index in [1.54, 1.807) is 6.26 Å². The lowest BCUT2D eigenvalue weighted by Gasteiger charge is -2.10. The highest BCUT2D eigenvalue weighted by molar-refractivity contribution is 6.32. The van der Waals surface area contributed by atoms with Crippen LogP contribution in [-0.2, 0) is 13.2 Å². The van der Waals surface area contributed by atoms with E-state index < -0.39 is 0 Å². The number of ether oxygens (including phenoxy) is 1. The first kappa shape index (κ1) is 14.9. The van der Waals surface area contributed by atoms with Gasteiger partial charge in [0.15, 0.2) is 0 Å². The second kappa shape index (κ2) is 6.82. The zero-order chi connectivity index (χ0) is 14.5. The van der Waals surface area contributed by atoms with Crippen LogP contribution in [0.5, 0.6) is 5.75 Å². The van der Waals surface area contributed by atoms with E-state index in [0.29, 0.717) is 30.0 Å². The van der Waals surface area contributed by atoms with Gasteiger partial charge in [0.2, 0.25) is 0 Å². The van der Waals surface area contributed by atoms with Crippen LogP contribution in [0.25, 0.3) is 0 Å². The number of aryl methyl sites for hydroxylation is 1. The van der Waals surface area contributed by atoms with Crippen LogP contribution >= 0.6 is 11.6 Å². The summed E-state index contributed by atoms with van der Waals surface area (Å²) in [6.45, 7) is 7.37. The highest BCUT2D eigenvalue weighted by atomic mass is 35.5. The van der Waals surface area contributed by atoms with Gasteiger partial charge in [0.1, 0.15) is 18.1 Å². The molecule has 0 saturated heterocycles. The Morgan fingerprint density at radius 1 is 1.30 bits per heavy atom. The molecule has 0 atom stereocenters. The van der Waals surface area contributed by atoms with Crippen molar-refractivity contribution >= 4 is 11.6 Å². The summed E-state index contributed by atoms with van der Waals surface area (Å²) in [5.41, 5.74) is 2.16. The van der Waals surface area contributed by atoms with E-state index in [2.05, 4.69) is 19.2 Å². The summed E-state index contributed by atoms with van der Waals surface area (Å²) < 4.78 is 11.3. The Bertz CT molecular complexity index is 563. The lowest BCUT2D eigenvalue weighted by atomic mass is 10.2. The number of nitrogens with one attached hydrogen (secondary N) is 1. The SMILES string of the molecule is Cc1ccc(Cl)c(OCc2ccoc2CNC(C)C)c1. The molecule has 0 aliphatic carbocycles. The van der Waals surface area contributed by atoms with Crippen LogP contribution in [0.2, 0.25) is 5.02 Å². The molecule has 0 aliphatic heterocycles.